The molecule has 0 aliphatic rings. The fourth-order valence-electron chi connectivity index (χ4n) is 0.0805. The van der Waals surface area contributed by atoms with Crippen molar-refractivity contribution in [2.45, 2.75) is 13.8 Å². The van der Waals surface area contributed by atoms with Crippen LogP contribution < -0.4 is 0 Å². The van der Waals surface area contributed by atoms with Crippen LogP contribution in [0.1, 0.15) is 13.8 Å². The van der Waals surface area contributed by atoms with Crippen molar-refractivity contribution in [1.82, 2.24) is 0 Å². The van der Waals surface area contributed by atoms with Gasteiger partial charge >= 0.3 is 0 Å². The summed E-state index contributed by atoms with van der Waals surface area (Å²) >= 11 is 0. The summed E-state index contributed by atoms with van der Waals surface area (Å²) in [6, 6.07) is 0. The number of rotatable bonds is 2. The summed E-state index contributed by atoms with van der Waals surface area (Å²) in [4.78, 5) is 3.28. The highest BCUT2D eigenvalue weighted by molar-refractivity contribution is 5.25. The minimum atomic E-state index is 1.24. The van der Waals surface area contributed by atoms with Crippen molar-refractivity contribution in [2.75, 3.05) is 0 Å². The number of nitrogens with one attached hydrogen (secondary N) is 1. The predicted octanol–water partition coefficient (Wildman–Crippen LogP) is 2.22. The number of hydrogen-bond acceptors (Lipinski definition) is 3. The normalized spacial score (nSPS) is 7.25. The molecule has 0 aromatic heterocycles. The van der Waals surface area contributed by atoms with E-state index in [1.807, 2.05) is 13.8 Å². The Morgan fingerprint density at radius 2 is 1.88 bits per heavy atom. The van der Waals surface area contributed by atoms with Crippen LogP contribution in [0.15, 0.2) is 22.5 Å². The molecule has 0 saturated heterocycles. The van der Waals surface area contributed by atoms with Crippen molar-refractivity contribution in [2.24, 2.45) is 10.1 Å². The summed E-state index contributed by atoms with van der Waals surface area (Å²) < 4.78 is 0. The maximum atomic E-state index is 6.16. The first-order valence-corrected chi connectivity index (χ1v) is 2.39. The van der Waals surface area contributed by atoms with Gasteiger partial charge in [-0.25, -0.2) is 5.53 Å². The van der Waals surface area contributed by atoms with Crippen molar-refractivity contribution in [3.63, 3.8) is 0 Å². The second-order valence-corrected chi connectivity index (χ2v) is 0.610. The van der Waals surface area contributed by atoms with E-state index in [-0.39, 0.29) is 0 Å². The van der Waals surface area contributed by atoms with E-state index in [2.05, 4.69) is 16.8 Å². The first kappa shape index (κ1) is 10.1. The van der Waals surface area contributed by atoms with Gasteiger partial charge in [-0.05, 0) is 6.72 Å². The van der Waals surface area contributed by atoms with Gasteiger partial charge in [0.25, 0.3) is 0 Å². The third kappa shape index (κ3) is 19.9. The van der Waals surface area contributed by atoms with Crippen LogP contribution in [0.5, 0.6) is 0 Å². The quantitative estimate of drug-likeness (QED) is 0.421. The molecular weight excluding hydrogens is 102 g/mol. The van der Waals surface area contributed by atoms with Crippen molar-refractivity contribution in [1.29, 1.82) is 5.53 Å². The monoisotopic (exact) mass is 113 g/mol. The lowest BCUT2D eigenvalue weighted by Gasteiger charge is -1.60. The van der Waals surface area contributed by atoms with E-state index in [1.165, 1.54) is 12.4 Å². The van der Waals surface area contributed by atoms with E-state index in [4.69, 9.17) is 5.53 Å². The summed E-state index contributed by atoms with van der Waals surface area (Å²) in [5, 5.41) is 2.86. The first-order valence-electron chi connectivity index (χ1n) is 2.39. The van der Waals surface area contributed by atoms with Gasteiger partial charge in [0.15, 0.2) is 0 Å². The first-order chi connectivity index (χ1) is 3.91. The summed E-state index contributed by atoms with van der Waals surface area (Å²) in [5.41, 5.74) is 6.16. The fraction of sp³-hybridized carbons (Fsp3) is 0.400. The summed E-state index contributed by atoms with van der Waals surface area (Å²) in [6.07, 6.45) is 2.58. The molecule has 1 N–H and O–H groups in total. The van der Waals surface area contributed by atoms with Crippen molar-refractivity contribution < 1.29 is 0 Å². The third-order valence-electron chi connectivity index (χ3n) is 0.247. The highest BCUT2D eigenvalue weighted by atomic mass is 14.9. The lowest BCUT2D eigenvalue weighted by Crippen LogP contribution is -1.40. The van der Waals surface area contributed by atoms with E-state index < -0.39 is 0 Å². The minimum absolute atomic E-state index is 1.24. The van der Waals surface area contributed by atoms with E-state index in [0.717, 1.165) is 0 Å². The topological polar surface area (TPSA) is 48.6 Å². The highest BCUT2D eigenvalue weighted by Gasteiger charge is 1.49. The molecule has 0 fully saturated rings. The number of hydrogen-bond donors (Lipinski definition) is 1. The Kier molecular flexibility index (Phi) is 21.0. The maximum Gasteiger partial charge on any atom is 0.0671 e. The maximum absolute atomic E-state index is 6.16. The lowest BCUT2D eigenvalue weighted by atomic mass is 10.9. The zero-order valence-corrected chi connectivity index (χ0v) is 5.26. The number of aliphatic imine (C=N–C) groups is 1. The predicted molar refractivity (Wildman–Crippen MR) is 35.2 cm³/mol. The fourth-order valence-corrected chi connectivity index (χ4v) is 0.0805. The second kappa shape index (κ2) is 16.7. The molecule has 0 spiro atoms. The standard InChI is InChI=1S/C3H5N3.C2H6/c1-5-2-3-6-4;1-2/h2-4H,1H2;1-2H3/b3-2-,6-4?;. The van der Waals surface area contributed by atoms with Gasteiger partial charge in [0, 0.05) is 6.20 Å². The van der Waals surface area contributed by atoms with Crippen molar-refractivity contribution in [3.8, 4) is 0 Å². The molecule has 0 aliphatic heterocycles. The molecule has 8 heavy (non-hydrogen) atoms. The SMILES string of the molecule is C=N/C=C\N=N.CC. The molecule has 0 rings (SSSR count). The van der Waals surface area contributed by atoms with Gasteiger partial charge in [-0.1, -0.05) is 13.8 Å². The molecule has 0 amide bonds. The highest BCUT2D eigenvalue weighted by Crippen LogP contribution is 1.69. The summed E-state index contributed by atoms with van der Waals surface area (Å²) in [6.45, 7) is 7.12. The zero-order valence-electron chi connectivity index (χ0n) is 5.26. The smallest absolute Gasteiger partial charge is 0.0671 e. The van der Waals surface area contributed by atoms with Crippen LogP contribution in [-0.4, -0.2) is 6.72 Å². The lowest BCUT2D eigenvalue weighted by molar-refractivity contribution is 1.14. The largest absolute Gasteiger partial charge is 0.271 e. The van der Waals surface area contributed by atoms with Crippen LogP contribution in [0.4, 0.5) is 0 Å². The summed E-state index contributed by atoms with van der Waals surface area (Å²) in [5.74, 6) is 0. The second-order valence-electron chi connectivity index (χ2n) is 0.610. The Morgan fingerprint density at radius 3 is 2.00 bits per heavy atom. The molecule has 0 saturated carbocycles. The van der Waals surface area contributed by atoms with Crippen LogP contribution >= 0.6 is 0 Å². The van der Waals surface area contributed by atoms with E-state index in [9.17, 15) is 0 Å². The zero-order chi connectivity index (χ0) is 6.83. The van der Waals surface area contributed by atoms with E-state index in [1.54, 1.807) is 0 Å². The van der Waals surface area contributed by atoms with E-state index in [0.29, 0.717) is 0 Å². The Morgan fingerprint density at radius 1 is 1.38 bits per heavy atom. The Labute approximate surface area is 49.6 Å². The van der Waals surface area contributed by atoms with Gasteiger partial charge in [0.2, 0.25) is 0 Å². The Balaban J connectivity index is 0. The molecule has 0 heterocycles. The van der Waals surface area contributed by atoms with E-state index >= 15 is 0 Å². The Bertz CT molecular complexity index is 65.7. The molecule has 46 valence electrons. The molecule has 0 radical (unpaired) electrons. The van der Waals surface area contributed by atoms with Crippen molar-refractivity contribution >= 4 is 6.72 Å². The average Bonchev–Trinajstić information content (AvgIpc) is 1.88. The third-order valence-corrected chi connectivity index (χ3v) is 0.247. The van der Waals surface area contributed by atoms with Gasteiger partial charge in [-0.2, -0.15) is 5.11 Å². The van der Waals surface area contributed by atoms with Gasteiger partial charge in [-0.3, -0.25) is 4.99 Å². The average molecular weight is 113 g/mol. The minimum Gasteiger partial charge on any atom is -0.271 e. The molecule has 0 bridgehead atoms. The molecule has 0 atom stereocenters. The van der Waals surface area contributed by atoms with Gasteiger partial charge in [0.05, 0.1) is 6.20 Å². The van der Waals surface area contributed by atoms with Crippen molar-refractivity contribution in [3.05, 3.63) is 12.4 Å². The number of nitrogens with zero attached hydrogens (tertiary/aromatic N) is 2. The van der Waals surface area contributed by atoms with Crippen LogP contribution in [0, 0.1) is 5.53 Å². The van der Waals surface area contributed by atoms with Crippen LogP contribution in [0.3, 0.4) is 0 Å². The molecular formula is C5H11N3. The molecule has 3 heteroatoms. The van der Waals surface area contributed by atoms with Crippen LogP contribution in [-0.2, 0) is 0 Å². The molecule has 0 aromatic rings. The van der Waals surface area contributed by atoms with Gasteiger partial charge in [-0.15, -0.1) is 0 Å². The molecule has 3 nitrogen and oxygen atoms in total. The van der Waals surface area contributed by atoms with Gasteiger partial charge < -0.3 is 0 Å². The van der Waals surface area contributed by atoms with Crippen LogP contribution in [0.25, 0.3) is 0 Å². The van der Waals surface area contributed by atoms with Crippen LogP contribution in [0.2, 0.25) is 0 Å². The Hall–Kier alpha value is -0.990. The van der Waals surface area contributed by atoms with Gasteiger partial charge in [0.1, 0.15) is 0 Å². The molecule has 0 unspecified atom stereocenters. The summed E-state index contributed by atoms with van der Waals surface area (Å²) in [7, 11) is 0. The molecule has 0 aromatic carbocycles. The molecule has 0 aliphatic carbocycles.